The number of rotatable bonds is 22. The summed E-state index contributed by atoms with van der Waals surface area (Å²) in [5.74, 6) is 0. The van der Waals surface area contributed by atoms with Gasteiger partial charge in [0.15, 0.2) is 22.3 Å². The fourth-order valence-electron chi connectivity index (χ4n) is 21.8. The zero-order valence-electron chi connectivity index (χ0n) is 79.8. The molecule has 0 fully saturated rings. The Bertz CT molecular complexity index is 8200. The summed E-state index contributed by atoms with van der Waals surface area (Å²) in [6, 6.07) is 126. The van der Waals surface area contributed by atoms with Crippen LogP contribution in [0.3, 0.4) is 0 Å². The summed E-state index contributed by atoms with van der Waals surface area (Å²) < 4.78 is 28.3. The molecule has 20 aromatic carbocycles. The number of furan rings is 4. The lowest BCUT2D eigenvalue weighted by Gasteiger charge is -2.29. The maximum absolute atomic E-state index is 7.09. The van der Waals surface area contributed by atoms with Crippen molar-refractivity contribution in [2.24, 2.45) is 0 Å². The molecule has 0 aliphatic carbocycles. The van der Waals surface area contributed by atoms with Gasteiger partial charge in [0.05, 0.1) is 45.5 Å². The van der Waals surface area contributed by atoms with Gasteiger partial charge in [-0.05, 0) is 236 Å². The molecule has 8 nitrogen and oxygen atoms in total. The minimum Gasteiger partial charge on any atom is -0.454 e. The van der Waals surface area contributed by atoms with E-state index < -0.39 is 0 Å². The van der Waals surface area contributed by atoms with E-state index in [2.05, 4.69) is 442 Å². The van der Waals surface area contributed by atoms with Crippen LogP contribution >= 0.6 is 0 Å². The van der Waals surface area contributed by atoms with Gasteiger partial charge in [0, 0.05) is 98.5 Å². The minimum absolute atomic E-state index is 0.0863. The molecule has 0 saturated heterocycles. The highest BCUT2D eigenvalue weighted by Gasteiger charge is 2.32. The van der Waals surface area contributed by atoms with Crippen molar-refractivity contribution in [2.45, 2.75) is 158 Å². The van der Waals surface area contributed by atoms with Gasteiger partial charge in [0.2, 0.25) is 0 Å². The Balaban J connectivity index is 0.000000153. The van der Waals surface area contributed by atoms with Crippen LogP contribution in [0.15, 0.2) is 357 Å². The van der Waals surface area contributed by atoms with Crippen molar-refractivity contribution in [3.05, 3.63) is 384 Å². The molecule has 0 atom stereocenters. The highest BCUT2D eigenvalue weighted by Crippen LogP contribution is 2.56. The molecule has 4 aromatic heterocycles. The number of hydrogen-bond acceptors (Lipinski definition) is 8. The normalized spacial score (nSPS) is 12.3. The number of nitrogens with zero attached hydrogens (tertiary/aromatic N) is 4. The van der Waals surface area contributed by atoms with Crippen LogP contribution < -0.4 is 19.6 Å². The van der Waals surface area contributed by atoms with Crippen molar-refractivity contribution >= 4 is 221 Å². The average molecular weight is 1770 g/mol. The molecule has 0 radical (unpaired) electrons. The van der Waals surface area contributed by atoms with Crippen molar-refractivity contribution in [3.8, 4) is 0 Å². The molecule has 0 saturated carbocycles. The molecule has 0 aliphatic rings. The molecular formula is C128H112N4O4. The van der Waals surface area contributed by atoms with Crippen molar-refractivity contribution in [3.63, 3.8) is 0 Å². The smallest absolute Gasteiger partial charge is 0.159 e. The molecule has 0 N–H and O–H groups in total. The molecule has 8 heteroatoms. The van der Waals surface area contributed by atoms with Crippen LogP contribution in [-0.4, -0.2) is 0 Å². The van der Waals surface area contributed by atoms with Gasteiger partial charge in [-0.2, -0.15) is 0 Å². The van der Waals surface area contributed by atoms with Crippen molar-refractivity contribution in [1.82, 2.24) is 0 Å². The summed E-state index contributed by atoms with van der Waals surface area (Å²) in [6.07, 6.45) is 10.4. The third-order valence-electron chi connectivity index (χ3n) is 29.0. The molecule has 24 aromatic rings. The van der Waals surface area contributed by atoms with Crippen LogP contribution in [0, 0.1) is 0 Å². The lowest BCUT2D eigenvalue weighted by molar-refractivity contribution is 0.572. The summed E-state index contributed by atoms with van der Waals surface area (Å²) >= 11 is 0. The van der Waals surface area contributed by atoms with Crippen LogP contribution in [0.2, 0.25) is 0 Å². The number of hydrogen-bond donors (Lipinski definition) is 0. The minimum atomic E-state index is -0.0863. The van der Waals surface area contributed by atoms with Gasteiger partial charge < -0.3 is 37.3 Å². The van der Waals surface area contributed by atoms with E-state index in [1.165, 1.54) is 120 Å². The Morgan fingerprint density at radius 1 is 0.199 bits per heavy atom. The second kappa shape index (κ2) is 34.1. The topological polar surface area (TPSA) is 65.5 Å². The van der Waals surface area contributed by atoms with E-state index >= 15 is 0 Å². The molecule has 136 heavy (non-hydrogen) atoms. The van der Waals surface area contributed by atoms with Crippen LogP contribution in [-0.2, 0) is 49.4 Å². The Morgan fingerprint density at radius 3 is 0.662 bits per heavy atom. The molecule has 4 heterocycles. The van der Waals surface area contributed by atoms with Gasteiger partial charge in [0.1, 0.15) is 22.3 Å². The van der Waals surface area contributed by atoms with Gasteiger partial charge in [-0.3, -0.25) is 0 Å². The van der Waals surface area contributed by atoms with E-state index in [0.717, 1.165) is 209 Å². The highest BCUT2D eigenvalue weighted by molar-refractivity contribution is 6.31. The number of benzene rings is 20. The second-order valence-corrected chi connectivity index (χ2v) is 39.3. The van der Waals surface area contributed by atoms with Gasteiger partial charge in [-0.25, -0.2) is 0 Å². The maximum Gasteiger partial charge on any atom is 0.159 e. The highest BCUT2D eigenvalue weighted by atomic mass is 16.3. The van der Waals surface area contributed by atoms with Crippen LogP contribution in [0.5, 0.6) is 0 Å². The summed E-state index contributed by atoms with van der Waals surface area (Å²) in [5, 5.41) is 23.6. The lowest BCUT2D eigenvalue weighted by atomic mass is 9.86. The van der Waals surface area contributed by atoms with Gasteiger partial charge in [-0.1, -0.05) is 339 Å². The Kier molecular flexibility index (Phi) is 21.3. The molecule has 668 valence electrons. The first-order valence-electron chi connectivity index (χ1n) is 49.2. The number of aryl methyl sites for hydroxylation is 6. The van der Waals surface area contributed by atoms with Gasteiger partial charge in [0.25, 0.3) is 0 Å². The first kappa shape index (κ1) is 85.1. The van der Waals surface area contributed by atoms with Gasteiger partial charge in [-0.15, -0.1) is 0 Å². The molecule has 0 spiro atoms. The molecule has 0 aliphatic heterocycles. The SMILES string of the molecule is CCCCc1cccc2c1oc1c(N(c3ccc(CC)cc3)c3ccc4ccc5c(N(c6ccc(CC)cc6)c6cccc7c6oc6c(CCCC)cccc67)ccc6ccc3c4c65)cccc12.CCc1ccc(N(c2ccc3ccc4c(N(c5ccc(CC)cc5)c5cccc6c5oc5c(C(C)(C)C)cccc56)ccc5ccc2c3c54)c2cccc3c2oc2c(C(C)(C)C)cccc23)cc1. The second-order valence-electron chi connectivity index (χ2n) is 39.3. The van der Waals surface area contributed by atoms with Crippen molar-refractivity contribution in [2.75, 3.05) is 19.6 Å². The fourth-order valence-corrected chi connectivity index (χ4v) is 21.8. The van der Waals surface area contributed by atoms with Crippen molar-refractivity contribution < 1.29 is 17.7 Å². The molecule has 24 rings (SSSR count). The molecular weight excluding hydrogens is 1660 g/mol. The Hall–Kier alpha value is -15.1. The van der Waals surface area contributed by atoms with Crippen molar-refractivity contribution in [1.29, 1.82) is 0 Å². The Morgan fingerprint density at radius 2 is 0.419 bits per heavy atom. The number of unbranched alkanes of at least 4 members (excludes halogenated alkanes) is 2. The van der Waals surface area contributed by atoms with E-state index in [-0.39, 0.29) is 10.8 Å². The van der Waals surface area contributed by atoms with E-state index in [4.69, 9.17) is 17.7 Å². The molecule has 0 amide bonds. The monoisotopic (exact) mass is 1770 g/mol. The summed E-state index contributed by atoms with van der Waals surface area (Å²) in [7, 11) is 0. The lowest BCUT2D eigenvalue weighted by Crippen LogP contribution is -2.12. The van der Waals surface area contributed by atoms with E-state index in [0.29, 0.717) is 0 Å². The fraction of sp³-hybridized carbons (Fsp3) is 0.188. The Labute approximate surface area is 794 Å². The molecule has 0 unspecified atom stereocenters. The summed E-state index contributed by atoms with van der Waals surface area (Å²) in [5.41, 5.74) is 30.3. The number of para-hydroxylation sites is 8. The number of fused-ring (bicyclic) bond motifs is 12. The summed E-state index contributed by atoms with van der Waals surface area (Å²) in [6.45, 7) is 26.9. The molecule has 0 bridgehead atoms. The quantitative estimate of drug-likeness (QED) is 0.0622. The first-order chi connectivity index (χ1) is 66.5. The third kappa shape index (κ3) is 14.2. The van der Waals surface area contributed by atoms with Crippen LogP contribution in [0.1, 0.15) is 153 Å². The van der Waals surface area contributed by atoms with Crippen LogP contribution in [0.25, 0.3) is 152 Å². The largest absolute Gasteiger partial charge is 0.454 e. The zero-order valence-corrected chi connectivity index (χ0v) is 79.8. The number of anilines is 12. The van der Waals surface area contributed by atoms with E-state index in [1.54, 1.807) is 0 Å². The van der Waals surface area contributed by atoms with E-state index in [9.17, 15) is 0 Å². The summed E-state index contributed by atoms with van der Waals surface area (Å²) in [4.78, 5) is 9.70. The third-order valence-corrected chi connectivity index (χ3v) is 29.0. The van der Waals surface area contributed by atoms with Crippen LogP contribution in [0.4, 0.5) is 68.2 Å². The predicted octanol–water partition coefficient (Wildman–Crippen LogP) is 38.2. The van der Waals surface area contributed by atoms with E-state index in [1.807, 2.05) is 0 Å². The van der Waals surface area contributed by atoms with Gasteiger partial charge >= 0.3 is 0 Å². The average Bonchev–Trinajstić information content (AvgIpc) is 0.793. The zero-order chi connectivity index (χ0) is 92.5. The maximum atomic E-state index is 7.09. The standard InChI is InChI=1S/2C64H56N2O2/c1-9-39-23-31-43(32-24-39)65(55-21-13-17-47-45-15-11-19-51(63(3,4)5)59(45)67-61(47)55)53-37-29-41-28-36-50-54(38-30-42-27-35-49(53)57(41)58(42)50)66(44-33-25-40(10-2)26-34-44)56-22-14-18-48-46-16-12-20-52(64(6,7)8)60(46)68-62(48)56;1-5-9-15-45-17-11-19-49-51-21-13-23-57(63(51)67-61(45)49)65(47-33-25-41(7-3)26-34-47)55-39-31-43-30-38-54-56(40-32-44-29-37-53(55)59(43)60(44)54)66(48-35-27-42(8-4)28-36-48)58-24-14-22-52-50-20-12-18-46(16-10-6-2)62(50)68-64(52)58/h11-38H,9-10H2,1-8H3;11-14,17-40H,5-10,15-16H2,1-4H3. The first-order valence-corrected chi connectivity index (χ1v) is 49.2. The predicted molar refractivity (Wildman–Crippen MR) is 580 cm³/mol.